The number of fused-ring (bicyclic) bond motifs is 3. The maximum Gasteiger partial charge on any atom is 0.280 e. The van der Waals surface area contributed by atoms with Crippen LogP contribution in [0.3, 0.4) is 0 Å². The minimum atomic E-state index is 0.191. The van der Waals surface area contributed by atoms with Gasteiger partial charge < -0.3 is 5.11 Å². The number of nitrogens with one attached hydrogen (secondary N) is 1. The molecule has 10 nitrogen and oxygen atoms in total. The Morgan fingerprint density at radius 3 is 2.46 bits per heavy atom. The number of aromatic amines is 1. The number of hydrogen-bond acceptors (Lipinski definition) is 7. The van der Waals surface area contributed by atoms with Gasteiger partial charge in [-0.05, 0) is 73.5 Å². The first-order valence-electron chi connectivity index (χ1n) is 16.9. The summed E-state index contributed by atoms with van der Waals surface area (Å²) in [6, 6.07) is 36.4. The lowest BCUT2D eigenvalue weighted by Gasteiger charge is -2.31. The molecule has 10 heteroatoms. The van der Waals surface area contributed by atoms with Crippen LogP contribution in [0, 0.1) is 0 Å². The number of benzene rings is 3. The van der Waals surface area contributed by atoms with E-state index in [9.17, 15) is 5.11 Å². The molecule has 8 aromatic rings. The van der Waals surface area contributed by atoms with E-state index in [0.717, 1.165) is 88.6 Å². The molecule has 0 bridgehead atoms. The van der Waals surface area contributed by atoms with Gasteiger partial charge in [0.2, 0.25) is 0 Å². The fourth-order valence-corrected chi connectivity index (χ4v) is 7.00. The van der Waals surface area contributed by atoms with Crippen molar-refractivity contribution >= 4 is 16.6 Å². The predicted octanol–water partition coefficient (Wildman–Crippen LogP) is 6.76. The molecular formula is C40H34N9O+. The van der Waals surface area contributed by atoms with Crippen molar-refractivity contribution in [2.75, 3.05) is 13.1 Å². The van der Waals surface area contributed by atoms with Crippen LogP contribution in [0.5, 0.6) is 5.75 Å². The van der Waals surface area contributed by atoms with Crippen LogP contribution in [0.15, 0.2) is 128 Å². The molecule has 3 aromatic carbocycles. The summed E-state index contributed by atoms with van der Waals surface area (Å²) in [6.45, 7) is 2.90. The first-order valence-corrected chi connectivity index (χ1v) is 16.9. The van der Waals surface area contributed by atoms with E-state index < -0.39 is 0 Å². The number of piperidine rings is 1. The highest BCUT2D eigenvalue weighted by atomic mass is 16.3. The number of aromatic nitrogens is 8. The number of rotatable bonds is 7. The van der Waals surface area contributed by atoms with Crippen LogP contribution in [0.4, 0.5) is 0 Å². The van der Waals surface area contributed by atoms with E-state index >= 15 is 0 Å². The molecular weight excluding hydrogens is 623 g/mol. The van der Waals surface area contributed by atoms with E-state index in [1.54, 1.807) is 24.7 Å². The molecule has 1 aliphatic heterocycles. The van der Waals surface area contributed by atoms with E-state index in [2.05, 4.69) is 79.8 Å². The van der Waals surface area contributed by atoms with Gasteiger partial charge in [0.1, 0.15) is 23.0 Å². The number of likely N-dealkylation sites (tertiary alicyclic amines) is 1. The van der Waals surface area contributed by atoms with Crippen LogP contribution < -0.4 is 4.40 Å². The number of phenolic OH excluding ortho intramolecular Hbond substituents is 1. The van der Waals surface area contributed by atoms with Gasteiger partial charge in [-0.2, -0.15) is 5.10 Å². The third-order valence-electron chi connectivity index (χ3n) is 9.59. The van der Waals surface area contributed by atoms with Gasteiger partial charge in [-0.15, -0.1) is 0 Å². The number of phenols is 1. The highest BCUT2D eigenvalue weighted by Crippen LogP contribution is 2.35. The molecule has 0 amide bonds. The fraction of sp³-hybridized carbons (Fsp3) is 0.150. The molecule has 0 atom stereocenters. The molecule has 0 aliphatic carbocycles. The second kappa shape index (κ2) is 12.6. The second-order valence-electron chi connectivity index (χ2n) is 12.8. The highest BCUT2D eigenvalue weighted by molar-refractivity contribution is 5.97. The van der Waals surface area contributed by atoms with Gasteiger partial charge in [-0.1, -0.05) is 71.4 Å². The Kier molecular flexibility index (Phi) is 7.55. The van der Waals surface area contributed by atoms with Crippen molar-refractivity contribution in [2.24, 2.45) is 0 Å². The van der Waals surface area contributed by atoms with Crippen LogP contribution in [-0.4, -0.2) is 58.0 Å². The van der Waals surface area contributed by atoms with Crippen molar-refractivity contribution in [2.45, 2.75) is 25.3 Å². The first kappa shape index (κ1) is 29.8. The van der Waals surface area contributed by atoms with E-state index in [4.69, 9.17) is 9.97 Å². The van der Waals surface area contributed by atoms with Gasteiger partial charge in [-0.25, -0.2) is 14.4 Å². The van der Waals surface area contributed by atoms with Crippen LogP contribution in [0.25, 0.3) is 56.1 Å². The Labute approximate surface area is 288 Å². The number of pyridine rings is 3. The zero-order valence-corrected chi connectivity index (χ0v) is 27.3. The number of aromatic hydroxyl groups is 1. The summed E-state index contributed by atoms with van der Waals surface area (Å²) in [5.41, 5.74) is 8.72. The molecule has 1 aliphatic rings. The van der Waals surface area contributed by atoms with Gasteiger partial charge in [0.25, 0.3) is 12.0 Å². The van der Waals surface area contributed by atoms with Gasteiger partial charge >= 0.3 is 0 Å². The molecule has 6 heterocycles. The third-order valence-corrected chi connectivity index (χ3v) is 9.59. The molecule has 1 saturated heterocycles. The quantitative estimate of drug-likeness (QED) is 0.182. The number of H-pyrrole nitrogens is 1. The Hall–Kier alpha value is -6.26. The van der Waals surface area contributed by atoms with Crippen molar-refractivity contribution in [3.8, 4) is 45.3 Å². The Bertz CT molecular complexity index is 2430. The zero-order chi connectivity index (χ0) is 33.4. The van der Waals surface area contributed by atoms with E-state index in [1.807, 2.05) is 57.7 Å². The van der Waals surface area contributed by atoms with E-state index in [1.165, 1.54) is 5.56 Å². The smallest absolute Gasteiger partial charge is 0.280 e. The van der Waals surface area contributed by atoms with E-state index in [0.29, 0.717) is 11.7 Å². The van der Waals surface area contributed by atoms with Gasteiger partial charge in [-0.3, -0.25) is 15.0 Å². The fourth-order valence-electron chi connectivity index (χ4n) is 7.00. The maximum atomic E-state index is 10.2. The van der Waals surface area contributed by atoms with Crippen molar-refractivity contribution in [1.29, 1.82) is 0 Å². The summed E-state index contributed by atoms with van der Waals surface area (Å²) in [5, 5.41) is 23.4. The van der Waals surface area contributed by atoms with Crippen molar-refractivity contribution < 1.29 is 9.51 Å². The average Bonchev–Trinajstić information content (AvgIpc) is 3.85. The summed E-state index contributed by atoms with van der Waals surface area (Å²) in [6.07, 6.45) is 7.60. The molecule has 244 valence electrons. The highest BCUT2D eigenvalue weighted by Gasteiger charge is 2.25. The van der Waals surface area contributed by atoms with Gasteiger partial charge in [0.15, 0.2) is 5.82 Å². The number of nitrogens with zero attached hydrogens (tertiary/aromatic N) is 8. The molecule has 5 aromatic heterocycles. The maximum absolute atomic E-state index is 10.2. The normalized spacial score (nSPS) is 14.1. The molecule has 0 unspecified atom stereocenters. The van der Waals surface area contributed by atoms with Crippen molar-refractivity contribution in [3.05, 3.63) is 139 Å². The topological polar surface area (TPSA) is 113 Å². The largest absolute Gasteiger partial charge is 0.508 e. The van der Waals surface area contributed by atoms with Crippen molar-refractivity contribution in [1.82, 2.24) is 39.8 Å². The Balaban J connectivity index is 0.981. The SMILES string of the molecule is Oc1cccc(-n2nc[n+]3ccc4nc(-c5ccc(CN6CCC(c7nc(-c8ccccn8)n[nH]7)CC6)cc5)c(-c5ccccc5)cc4c23)c1. The standard InChI is InChI=1S/C40H33N9O/c50-32-10-6-9-31(23-32)49-40-34-24-33(28-7-2-1-3-8-28)37(43-35(34)18-22-48(40)26-42-49)29-14-12-27(13-15-29)25-47-20-16-30(17-21-47)38-44-39(46-45-38)36-11-4-5-19-41-36/h1-15,18-19,22-24,26,30H,16-17,20-21,25H2,(H-,41,44,45,46,50)/p+1. The monoisotopic (exact) mass is 656 g/mol. The van der Waals surface area contributed by atoms with Crippen molar-refractivity contribution in [3.63, 3.8) is 0 Å². The first-order chi connectivity index (χ1) is 24.7. The van der Waals surface area contributed by atoms with Crippen LogP contribution in [0.2, 0.25) is 0 Å². The molecule has 0 radical (unpaired) electrons. The molecule has 1 fully saturated rings. The molecule has 0 saturated carbocycles. The molecule has 0 spiro atoms. The Morgan fingerprint density at radius 1 is 0.820 bits per heavy atom. The summed E-state index contributed by atoms with van der Waals surface area (Å²) >= 11 is 0. The summed E-state index contributed by atoms with van der Waals surface area (Å²) in [4.78, 5) is 16.9. The molecule has 9 rings (SSSR count). The van der Waals surface area contributed by atoms with Gasteiger partial charge in [0, 0.05) is 41.0 Å². The summed E-state index contributed by atoms with van der Waals surface area (Å²) < 4.78 is 3.84. The van der Waals surface area contributed by atoms with Crippen LogP contribution >= 0.6 is 0 Å². The average molecular weight is 657 g/mol. The van der Waals surface area contributed by atoms with Gasteiger partial charge in [0.05, 0.1) is 22.8 Å². The summed E-state index contributed by atoms with van der Waals surface area (Å²) in [5.74, 6) is 2.17. The lowest BCUT2D eigenvalue weighted by molar-refractivity contribution is -0.511. The zero-order valence-electron chi connectivity index (χ0n) is 27.3. The minimum absolute atomic E-state index is 0.191. The lowest BCUT2D eigenvalue weighted by Crippen LogP contribution is -2.32. The molecule has 50 heavy (non-hydrogen) atoms. The third kappa shape index (κ3) is 5.65. The number of hydrogen-bond donors (Lipinski definition) is 2. The second-order valence-corrected chi connectivity index (χ2v) is 12.8. The lowest BCUT2D eigenvalue weighted by atomic mass is 9.95. The van der Waals surface area contributed by atoms with Crippen LogP contribution in [0.1, 0.15) is 30.1 Å². The minimum Gasteiger partial charge on any atom is -0.508 e. The Morgan fingerprint density at radius 2 is 1.66 bits per heavy atom. The summed E-state index contributed by atoms with van der Waals surface area (Å²) in [7, 11) is 0. The van der Waals surface area contributed by atoms with E-state index in [-0.39, 0.29) is 5.75 Å². The predicted molar refractivity (Wildman–Crippen MR) is 191 cm³/mol. The van der Waals surface area contributed by atoms with Crippen LogP contribution in [-0.2, 0) is 6.54 Å². The molecule has 2 N–H and O–H groups in total.